The van der Waals surface area contributed by atoms with Crippen molar-refractivity contribution >= 4 is 12.0 Å². The summed E-state index contributed by atoms with van der Waals surface area (Å²) in [4.78, 5) is 24.5. The maximum Gasteiger partial charge on any atom is 0.408 e. The van der Waals surface area contributed by atoms with Gasteiger partial charge in [0.25, 0.3) is 0 Å². The minimum atomic E-state index is -0.661. The van der Waals surface area contributed by atoms with E-state index in [1.54, 1.807) is 52.1 Å². The molecule has 7 heteroatoms. The van der Waals surface area contributed by atoms with E-state index in [-0.39, 0.29) is 11.8 Å². The van der Waals surface area contributed by atoms with Crippen LogP contribution >= 0.6 is 0 Å². The zero-order valence-corrected chi connectivity index (χ0v) is 17.1. The molecule has 1 rings (SSSR count). The van der Waals surface area contributed by atoms with Crippen molar-refractivity contribution < 1.29 is 23.8 Å². The number of benzene rings is 1. The highest BCUT2D eigenvalue weighted by Crippen LogP contribution is 2.16. The number of hydrogen-bond donors (Lipinski definition) is 2. The van der Waals surface area contributed by atoms with Crippen LogP contribution in [0, 0.1) is 5.92 Å². The number of amides is 2. The molecule has 0 aliphatic heterocycles. The van der Waals surface area contributed by atoms with E-state index in [0.29, 0.717) is 18.9 Å². The van der Waals surface area contributed by atoms with Gasteiger partial charge < -0.3 is 24.8 Å². The van der Waals surface area contributed by atoms with Gasteiger partial charge in [-0.2, -0.15) is 0 Å². The molecule has 1 aromatic carbocycles. The van der Waals surface area contributed by atoms with E-state index in [1.807, 2.05) is 13.8 Å². The molecule has 2 unspecified atom stereocenters. The van der Waals surface area contributed by atoms with Crippen molar-refractivity contribution in [3.63, 3.8) is 0 Å². The Bertz CT molecular complexity index is 595. The average molecular weight is 380 g/mol. The summed E-state index contributed by atoms with van der Waals surface area (Å²) in [6.07, 6.45) is 0.147. The molecule has 1 aromatic rings. The number of rotatable bonds is 9. The van der Waals surface area contributed by atoms with Crippen LogP contribution in [-0.4, -0.2) is 43.9 Å². The summed E-state index contributed by atoms with van der Waals surface area (Å²) < 4.78 is 15.9. The Balaban J connectivity index is 2.49. The molecule has 2 amide bonds. The number of ether oxygens (including phenoxy) is 3. The molecule has 0 spiro atoms. The standard InChI is InChI=1S/C20H32N2O5/c1-7-14(2)17(22-19(24)27-20(3,4)5)18(23)21-12-13-26-16-10-8-15(25-6)9-11-16/h8-11,14,17H,7,12-13H2,1-6H3,(H,21,23)(H,22,24). The van der Waals surface area contributed by atoms with Crippen molar-refractivity contribution in [1.82, 2.24) is 10.6 Å². The Morgan fingerprint density at radius 1 is 1.11 bits per heavy atom. The molecule has 0 heterocycles. The molecule has 2 atom stereocenters. The molecule has 152 valence electrons. The number of nitrogens with one attached hydrogen (secondary N) is 2. The summed E-state index contributed by atoms with van der Waals surface area (Å²) >= 11 is 0. The Labute approximate surface area is 161 Å². The second-order valence-corrected chi connectivity index (χ2v) is 7.32. The van der Waals surface area contributed by atoms with Gasteiger partial charge in [0.2, 0.25) is 5.91 Å². The van der Waals surface area contributed by atoms with E-state index in [4.69, 9.17) is 14.2 Å². The highest BCUT2D eigenvalue weighted by Gasteiger charge is 2.27. The summed E-state index contributed by atoms with van der Waals surface area (Å²) in [7, 11) is 1.60. The molecule has 0 saturated carbocycles. The fourth-order valence-corrected chi connectivity index (χ4v) is 2.26. The van der Waals surface area contributed by atoms with Crippen molar-refractivity contribution in [2.45, 2.75) is 52.7 Å². The Morgan fingerprint density at radius 3 is 2.22 bits per heavy atom. The fourth-order valence-electron chi connectivity index (χ4n) is 2.26. The van der Waals surface area contributed by atoms with Gasteiger partial charge in [-0.1, -0.05) is 20.3 Å². The highest BCUT2D eigenvalue weighted by atomic mass is 16.6. The summed E-state index contributed by atoms with van der Waals surface area (Å²) in [5.41, 5.74) is -0.618. The maximum atomic E-state index is 12.5. The number of carbonyl (C=O) groups is 2. The van der Waals surface area contributed by atoms with Gasteiger partial charge in [-0.05, 0) is 51.0 Å². The van der Waals surface area contributed by atoms with Crippen LogP contribution < -0.4 is 20.1 Å². The van der Waals surface area contributed by atoms with Crippen LogP contribution in [0.2, 0.25) is 0 Å². The monoisotopic (exact) mass is 380 g/mol. The molecular formula is C20H32N2O5. The lowest BCUT2D eigenvalue weighted by molar-refractivity contribution is -0.124. The van der Waals surface area contributed by atoms with Gasteiger partial charge in [-0.3, -0.25) is 4.79 Å². The van der Waals surface area contributed by atoms with Crippen LogP contribution in [-0.2, 0) is 9.53 Å². The van der Waals surface area contributed by atoms with Gasteiger partial charge in [0, 0.05) is 0 Å². The van der Waals surface area contributed by atoms with E-state index < -0.39 is 17.7 Å². The summed E-state index contributed by atoms with van der Waals surface area (Å²) in [5, 5.41) is 5.47. The first kappa shape index (κ1) is 22.6. The second-order valence-electron chi connectivity index (χ2n) is 7.32. The highest BCUT2D eigenvalue weighted by molar-refractivity contribution is 5.85. The first-order chi connectivity index (χ1) is 12.7. The largest absolute Gasteiger partial charge is 0.497 e. The fraction of sp³-hybridized carbons (Fsp3) is 0.600. The van der Waals surface area contributed by atoms with Crippen molar-refractivity contribution in [1.29, 1.82) is 0 Å². The van der Waals surface area contributed by atoms with Crippen LogP contribution in [0.5, 0.6) is 11.5 Å². The molecule has 0 radical (unpaired) electrons. The first-order valence-electron chi connectivity index (χ1n) is 9.20. The molecule has 7 nitrogen and oxygen atoms in total. The third-order valence-corrected chi connectivity index (χ3v) is 3.90. The Morgan fingerprint density at radius 2 is 1.70 bits per heavy atom. The van der Waals surface area contributed by atoms with Gasteiger partial charge in [-0.25, -0.2) is 4.79 Å². The van der Waals surface area contributed by atoms with Crippen LogP contribution in [0.15, 0.2) is 24.3 Å². The summed E-state index contributed by atoms with van der Waals surface area (Å²) in [5.74, 6) is 1.16. The SMILES string of the molecule is CCC(C)C(NC(=O)OC(C)(C)C)C(=O)NCCOc1ccc(OC)cc1. The topological polar surface area (TPSA) is 85.9 Å². The lowest BCUT2D eigenvalue weighted by Crippen LogP contribution is -2.51. The quantitative estimate of drug-likeness (QED) is 0.643. The predicted molar refractivity (Wildman–Crippen MR) is 104 cm³/mol. The predicted octanol–water partition coefficient (Wildman–Crippen LogP) is 3.13. The van der Waals surface area contributed by atoms with E-state index >= 15 is 0 Å². The van der Waals surface area contributed by atoms with E-state index in [1.165, 1.54) is 0 Å². The van der Waals surface area contributed by atoms with Crippen LogP contribution in [0.4, 0.5) is 4.79 Å². The number of carbonyl (C=O) groups excluding carboxylic acids is 2. The molecule has 0 aliphatic carbocycles. The Hall–Kier alpha value is -2.44. The van der Waals surface area contributed by atoms with Gasteiger partial charge in [0.05, 0.1) is 13.7 Å². The van der Waals surface area contributed by atoms with Crippen molar-refractivity contribution in [3.8, 4) is 11.5 Å². The molecule has 0 bridgehead atoms. The third-order valence-electron chi connectivity index (χ3n) is 3.90. The molecule has 2 N–H and O–H groups in total. The van der Waals surface area contributed by atoms with Gasteiger partial charge >= 0.3 is 6.09 Å². The zero-order chi connectivity index (χ0) is 20.4. The van der Waals surface area contributed by atoms with Gasteiger partial charge in [0.15, 0.2) is 0 Å². The third kappa shape index (κ3) is 8.66. The smallest absolute Gasteiger partial charge is 0.408 e. The number of methoxy groups -OCH3 is 1. The molecule has 27 heavy (non-hydrogen) atoms. The van der Waals surface area contributed by atoms with Crippen molar-refractivity contribution in [2.75, 3.05) is 20.3 Å². The van der Waals surface area contributed by atoms with Crippen LogP contribution in [0.3, 0.4) is 0 Å². The van der Waals surface area contributed by atoms with Crippen molar-refractivity contribution in [3.05, 3.63) is 24.3 Å². The molecular weight excluding hydrogens is 348 g/mol. The minimum absolute atomic E-state index is 0.0278. The maximum absolute atomic E-state index is 12.5. The first-order valence-corrected chi connectivity index (χ1v) is 9.20. The van der Waals surface area contributed by atoms with E-state index in [9.17, 15) is 9.59 Å². The normalized spacial score (nSPS) is 13.3. The summed E-state index contributed by atoms with van der Waals surface area (Å²) in [6.45, 7) is 9.86. The average Bonchev–Trinajstić information content (AvgIpc) is 2.61. The molecule has 0 saturated heterocycles. The van der Waals surface area contributed by atoms with Crippen LogP contribution in [0.25, 0.3) is 0 Å². The van der Waals surface area contributed by atoms with E-state index in [0.717, 1.165) is 12.2 Å². The van der Waals surface area contributed by atoms with Crippen molar-refractivity contribution in [2.24, 2.45) is 5.92 Å². The second kappa shape index (κ2) is 10.6. The summed E-state index contributed by atoms with van der Waals surface area (Å²) in [6, 6.07) is 6.54. The van der Waals surface area contributed by atoms with Crippen LogP contribution in [0.1, 0.15) is 41.0 Å². The lowest BCUT2D eigenvalue weighted by atomic mass is 9.98. The number of hydrogen-bond acceptors (Lipinski definition) is 5. The number of alkyl carbamates (subject to hydrolysis) is 1. The zero-order valence-electron chi connectivity index (χ0n) is 17.1. The minimum Gasteiger partial charge on any atom is -0.497 e. The van der Waals surface area contributed by atoms with E-state index in [2.05, 4.69) is 10.6 Å². The van der Waals surface area contributed by atoms with Gasteiger partial charge in [0.1, 0.15) is 29.7 Å². The molecule has 0 aliphatic rings. The lowest BCUT2D eigenvalue weighted by Gasteiger charge is -2.26. The van der Waals surface area contributed by atoms with Gasteiger partial charge in [-0.15, -0.1) is 0 Å². The Kier molecular flexibility index (Phi) is 8.91. The molecule has 0 aromatic heterocycles. The molecule has 0 fully saturated rings.